The van der Waals surface area contributed by atoms with Gasteiger partial charge < -0.3 is 15.4 Å². The van der Waals surface area contributed by atoms with E-state index < -0.39 is 5.60 Å². The molecule has 3 saturated carbocycles. The molecule has 0 spiro atoms. The van der Waals surface area contributed by atoms with E-state index in [1.54, 1.807) is 0 Å². The van der Waals surface area contributed by atoms with Crippen molar-refractivity contribution in [2.75, 3.05) is 5.33 Å². The van der Waals surface area contributed by atoms with E-state index in [4.69, 9.17) is 4.74 Å². The van der Waals surface area contributed by atoms with Gasteiger partial charge in [-0.3, -0.25) is 4.79 Å². The first-order chi connectivity index (χ1) is 8.18. The lowest BCUT2D eigenvalue weighted by molar-refractivity contribution is -0.138. The van der Waals surface area contributed by atoms with Gasteiger partial charge in [-0.1, -0.05) is 15.9 Å². The molecular weight excluding hydrogens is 300 g/mol. The standard InChI is InChI=1S/C12H19BrN2O3/c1-10(2,3)18-9(17)15-12-5-11(6-12,7-12)14-8(16)4-13/h4-7H2,1-3H3,(H,14,16)(H,15,17). The van der Waals surface area contributed by atoms with Crippen molar-refractivity contribution in [3.8, 4) is 0 Å². The Hall–Kier alpha value is -0.780. The Bertz CT molecular complexity index is 369. The van der Waals surface area contributed by atoms with E-state index in [1.165, 1.54) is 0 Å². The highest BCUT2D eigenvalue weighted by atomic mass is 79.9. The highest BCUT2D eigenvalue weighted by Crippen LogP contribution is 2.60. The average Bonchev–Trinajstić information content (AvgIpc) is 2.09. The lowest BCUT2D eigenvalue weighted by Gasteiger charge is -2.70. The van der Waals surface area contributed by atoms with Crippen molar-refractivity contribution in [2.45, 2.75) is 56.7 Å². The summed E-state index contributed by atoms with van der Waals surface area (Å²) < 4.78 is 5.22. The molecule has 0 aromatic heterocycles. The van der Waals surface area contributed by atoms with Crippen LogP contribution in [0.15, 0.2) is 0 Å². The molecule has 0 heterocycles. The van der Waals surface area contributed by atoms with Crippen molar-refractivity contribution < 1.29 is 14.3 Å². The van der Waals surface area contributed by atoms with Crippen LogP contribution in [0.1, 0.15) is 40.0 Å². The Balaban J connectivity index is 1.77. The van der Waals surface area contributed by atoms with E-state index in [0.29, 0.717) is 5.33 Å². The Labute approximate surface area is 115 Å². The third kappa shape index (κ3) is 2.63. The van der Waals surface area contributed by atoms with Crippen LogP contribution in [-0.4, -0.2) is 34.0 Å². The molecule has 0 unspecified atom stereocenters. The number of hydrogen-bond acceptors (Lipinski definition) is 3. The van der Waals surface area contributed by atoms with Gasteiger partial charge in [-0.2, -0.15) is 0 Å². The van der Waals surface area contributed by atoms with Gasteiger partial charge in [-0.05, 0) is 40.0 Å². The van der Waals surface area contributed by atoms with Gasteiger partial charge in [0.1, 0.15) is 5.60 Å². The first-order valence-electron chi connectivity index (χ1n) is 6.06. The van der Waals surface area contributed by atoms with Gasteiger partial charge in [0, 0.05) is 5.54 Å². The molecular formula is C12H19BrN2O3. The minimum Gasteiger partial charge on any atom is -0.444 e. The summed E-state index contributed by atoms with van der Waals surface area (Å²) in [4.78, 5) is 22.9. The lowest BCUT2D eigenvalue weighted by atomic mass is 9.44. The van der Waals surface area contributed by atoms with Crippen molar-refractivity contribution in [3.05, 3.63) is 0 Å². The minimum absolute atomic E-state index is 0.000526. The highest BCUT2D eigenvalue weighted by Gasteiger charge is 2.69. The van der Waals surface area contributed by atoms with Crippen LogP contribution in [0.3, 0.4) is 0 Å². The number of halogens is 1. The van der Waals surface area contributed by atoms with E-state index >= 15 is 0 Å². The second kappa shape index (κ2) is 4.11. The summed E-state index contributed by atoms with van der Waals surface area (Å²) in [6, 6.07) is 0. The Morgan fingerprint density at radius 2 is 1.67 bits per heavy atom. The number of ether oxygens (including phenoxy) is 1. The van der Waals surface area contributed by atoms with E-state index in [2.05, 4.69) is 26.6 Å². The summed E-state index contributed by atoms with van der Waals surface area (Å²) in [6.07, 6.45) is 2.04. The van der Waals surface area contributed by atoms with E-state index in [0.717, 1.165) is 19.3 Å². The number of amides is 2. The molecule has 2 N–H and O–H groups in total. The van der Waals surface area contributed by atoms with Crippen LogP contribution >= 0.6 is 15.9 Å². The Morgan fingerprint density at radius 1 is 1.17 bits per heavy atom. The zero-order chi connectivity index (χ0) is 13.6. The molecule has 2 amide bonds. The van der Waals surface area contributed by atoms with Crippen LogP contribution in [0.5, 0.6) is 0 Å². The molecule has 18 heavy (non-hydrogen) atoms. The van der Waals surface area contributed by atoms with Gasteiger partial charge in [0.15, 0.2) is 0 Å². The van der Waals surface area contributed by atoms with E-state index in [-0.39, 0.29) is 23.1 Å². The topological polar surface area (TPSA) is 67.4 Å². The van der Waals surface area contributed by atoms with Crippen molar-refractivity contribution in [3.63, 3.8) is 0 Å². The zero-order valence-electron chi connectivity index (χ0n) is 10.9. The number of rotatable bonds is 3. The molecule has 0 aliphatic heterocycles. The molecule has 3 aliphatic rings. The molecule has 102 valence electrons. The predicted octanol–water partition coefficient (Wildman–Crippen LogP) is 1.70. The van der Waals surface area contributed by atoms with E-state index in [1.807, 2.05) is 20.8 Å². The quantitative estimate of drug-likeness (QED) is 0.778. The fourth-order valence-electron chi connectivity index (χ4n) is 2.90. The Morgan fingerprint density at radius 3 is 2.11 bits per heavy atom. The van der Waals surface area contributed by atoms with Crippen LogP contribution in [0, 0.1) is 0 Å². The second-order valence-corrected chi connectivity index (χ2v) is 6.96. The molecule has 6 heteroatoms. The molecule has 3 fully saturated rings. The summed E-state index contributed by atoms with van der Waals surface area (Å²) in [5, 5.41) is 6.20. The molecule has 3 rings (SSSR count). The van der Waals surface area contributed by atoms with Crippen LogP contribution in [0.25, 0.3) is 0 Å². The number of alkyl halides is 1. The van der Waals surface area contributed by atoms with Crippen LogP contribution in [0.4, 0.5) is 4.79 Å². The fourth-order valence-corrected chi connectivity index (χ4v) is 3.04. The Kier molecular flexibility index (Phi) is 3.12. The largest absolute Gasteiger partial charge is 0.444 e. The summed E-state index contributed by atoms with van der Waals surface area (Å²) in [5.41, 5.74) is -0.711. The summed E-state index contributed by atoms with van der Waals surface area (Å²) in [6.45, 7) is 5.52. The monoisotopic (exact) mass is 318 g/mol. The number of carbonyl (C=O) groups excluding carboxylic acids is 2. The second-order valence-electron chi connectivity index (χ2n) is 6.40. The van der Waals surface area contributed by atoms with Crippen molar-refractivity contribution in [2.24, 2.45) is 0 Å². The minimum atomic E-state index is -0.477. The molecule has 0 radical (unpaired) electrons. The van der Waals surface area contributed by atoms with Gasteiger partial charge in [0.25, 0.3) is 0 Å². The number of carbonyl (C=O) groups is 2. The average molecular weight is 319 g/mol. The summed E-state index contributed by atoms with van der Waals surface area (Å²) in [7, 11) is 0. The maximum atomic E-state index is 11.6. The first-order valence-corrected chi connectivity index (χ1v) is 7.18. The third-order valence-electron chi connectivity index (χ3n) is 3.32. The van der Waals surface area contributed by atoms with Crippen molar-refractivity contribution in [1.82, 2.24) is 10.6 Å². The number of hydrogen-bond donors (Lipinski definition) is 2. The zero-order valence-corrected chi connectivity index (χ0v) is 12.5. The normalized spacial score (nSPS) is 32.9. The summed E-state index contributed by atoms with van der Waals surface area (Å²) >= 11 is 3.12. The van der Waals surface area contributed by atoms with Gasteiger partial charge in [-0.25, -0.2) is 4.79 Å². The van der Waals surface area contributed by atoms with Gasteiger partial charge >= 0.3 is 6.09 Å². The van der Waals surface area contributed by atoms with Crippen molar-refractivity contribution in [1.29, 1.82) is 0 Å². The highest BCUT2D eigenvalue weighted by molar-refractivity contribution is 9.09. The smallest absolute Gasteiger partial charge is 0.408 e. The molecule has 0 atom stereocenters. The van der Waals surface area contributed by atoms with Crippen molar-refractivity contribution >= 4 is 27.9 Å². The third-order valence-corrected chi connectivity index (χ3v) is 3.83. The summed E-state index contributed by atoms with van der Waals surface area (Å²) in [5.74, 6) is 0.000526. The van der Waals surface area contributed by atoms with Crippen LogP contribution < -0.4 is 10.6 Å². The number of nitrogens with one attached hydrogen (secondary N) is 2. The van der Waals surface area contributed by atoms with Gasteiger partial charge in [0.05, 0.1) is 10.9 Å². The predicted molar refractivity (Wildman–Crippen MR) is 70.6 cm³/mol. The molecule has 0 saturated heterocycles. The lowest BCUT2D eigenvalue weighted by Crippen LogP contribution is -2.84. The van der Waals surface area contributed by atoms with Gasteiger partial charge in [0.2, 0.25) is 5.91 Å². The molecule has 5 nitrogen and oxygen atoms in total. The number of alkyl carbamates (subject to hydrolysis) is 1. The molecule has 0 aromatic rings. The SMILES string of the molecule is CC(C)(C)OC(=O)NC12CC(NC(=O)CBr)(C1)C2. The molecule has 0 aromatic carbocycles. The fraction of sp³-hybridized carbons (Fsp3) is 0.833. The first kappa shape index (κ1) is 13.6. The maximum Gasteiger partial charge on any atom is 0.408 e. The van der Waals surface area contributed by atoms with Gasteiger partial charge in [-0.15, -0.1) is 0 Å². The molecule has 2 bridgehead atoms. The molecule has 3 aliphatic carbocycles. The van der Waals surface area contributed by atoms with E-state index in [9.17, 15) is 9.59 Å². The van der Waals surface area contributed by atoms with Crippen LogP contribution in [-0.2, 0) is 9.53 Å². The van der Waals surface area contributed by atoms with Crippen LogP contribution in [0.2, 0.25) is 0 Å². The maximum absolute atomic E-state index is 11.6.